The predicted octanol–water partition coefficient (Wildman–Crippen LogP) is 3.27. The fraction of sp³-hybridized carbons (Fsp3) is 0.273. The molecule has 2 heterocycles. The summed E-state index contributed by atoms with van der Waals surface area (Å²) in [4.78, 5) is 27.1. The van der Waals surface area contributed by atoms with Gasteiger partial charge in [-0.05, 0) is 36.8 Å². The van der Waals surface area contributed by atoms with Crippen molar-refractivity contribution in [2.75, 3.05) is 19.0 Å². The summed E-state index contributed by atoms with van der Waals surface area (Å²) in [5.74, 6) is -0.291. The van der Waals surface area contributed by atoms with Gasteiger partial charge in [-0.2, -0.15) is 0 Å². The van der Waals surface area contributed by atoms with E-state index in [9.17, 15) is 9.59 Å². The smallest absolute Gasteiger partial charge is 0.255 e. The van der Waals surface area contributed by atoms with Gasteiger partial charge in [0, 0.05) is 37.3 Å². The van der Waals surface area contributed by atoms with Gasteiger partial charge in [0.05, 0.1) is 17.8 Å². The molecule has 0 spiro atoms. The van der Waals surface area contributed by atoms with Crippen molar-refractivity contribution in [2.45, 2.75) is 26.1 Å². The molecule has 1 N–H and O–H groups in total. The molecule has 0 unspecified atom stereocenters. The minimum atomic E-state index is -0.564. The number of carbonyl (C=O) groups excluding carboxylic acids is 2. The van der Waals surface area contributed by atoms with Gasteiger partial charge in [-0.25, -0.2) is 0 Å². The number of methoxy groups -OCH3 is 1. The number of anilines is 1. The minimum Gasteiger partial charge on any atom is -0.383 e. The zero-order chi connectivity index (χ0) is 19.7. The molecule has 0 saturated heterocycles. The highest BCUT2D eigenvalue weighted by molar-refractivity contribution is 6.06. The molecule has 0 bridgehead atoms. The van der Waals surface area contributed by atoms with Crippen LogP contribution in [0.2, 0.25) is 0 Å². The molecule has 1 aromatic heterocycles. The van der Waals surface area contributed by atoms with E-state index in [-0.39, 0.29) is 11.8 Å². The predicted molar refractivity (Wildman–Crippen MR) is 108 cm³/mol. The SMILES string of the molecule is COCCn1ccc2c(NC(=O)[C@H](C)N3Cc4ccccc4C3=O)cccc21. The third-order valence-electron chi connectivity index (χ3n) is 5.30. The Kier molecular flexibility index (Phi) is 4.88. The molecular weight excluding hydrogens is 354 g/mol. The number of carbonyl (C=O) groups is 2. The van der Waals surface area contributed by atoms with E-state index in [1.54, 1.807) is 18.9 Å². The molecule has 3 aromatic rings. The van der Waals surface area contributed by atoms with Crippen molar-refractivity contribution < 1.29 is 14.3 Å². The Labute approximate surface area is 163 Å². The molecule has 1 aliphatic rings. The molecule has 1 atom stereocenters. The van der Waals surface area contributed by atoms with Crippen molar-refractivity contribution >= 4 is 28.4 Å². The number of benzene rings is 2. The fourth-order valence-electron chi connectivity index (χ4n) is 3.69. The summed E-state index contributed by atoms with van der Waals surface area (Å²) < 4.78 is 7.25. The van der Waals surface area contributed by atoms with Crippen molar-refractivity contribution in [1.29, 1.82) is 0 Å². The van der Waals surface area contributed by atoms with Gasteiger partial charge in [-0.3, -0.25) is 9.59 Å². The molecule has 6 nitrogen and oxygen atoms in total. The van der Waals surface area contributed by atoms with Crippen LogP contribution in [0.15, 0.2) is 54.7 Å². The number of rotatable bonds is 6. The number of amides is 2. The molecule has 0 aliphatic carbocycles. The maximum Gasteiger partial charge on any atom is 0.255 e. The van der Waals surface area contributed by atoms with Crippen molar-refractivity contribution in [3.05, 3.63) is 65.9 Å². The molecule has 0 fully saturated rings. The van der Waals surface area contributed by atoms with Crippen molar-refractivity contribution in [3.8, 4) is 0 Å². The lowest BCUT2D eigenvalue weighted by molar-refractivity contribution is -0.120. The Bertz CT molecular complexity index is 1040. The second-order valence-corrected chi connectivity index (χ2v) is 7.00. The highest BCUT2D eigenvalue weighted by Gasteiger charge is 2.33. The largest absolute Gasteiger partial charge is 0.383 e. The van der Waals surface area contributed by atoms with Crippen LogP contribution in [0.3, 0.4) is 0 Å². The van der Waals surface area contributed by atoms with Gasteiger partial charge in [-0.15, -0.1) is 0 Å². The molecule has 4 rings (SSSR count). The summed E-state index contributed by atoms with van der Waals surface area (Å²) in [6, 6.07) is 14.7. The van der Waals surface area contributed by atoms with Crippen molar-refractivity contribution in [2.24, 2.45) is 0 Å². The number of nitrogens with zero attached hydrogens (tertiary/aromatic N) is 2. The van der Waals surface area contributed by atoms with E-state index in [0.29, 0.717) is 18.7 Å². The summed E-state index contributed by atoms with van der Waals surface area (Å²) in [6.07, 6.45) is 1.99. The number of hydrogen-bond donors (Lipinski definition) is 1. The number of hydrogen-bond acceptors (Lipinski definition) is 3. The Hall–Kier alpha value is -3.12. The van der Waals surface area contributed by atoms with E-state index in [2.05, 4.69) is 9.88 Å². The van der Waals surface area contributed by atoms with Gasteiger partial charge in [0.1, 0.15) is 6.04 Å². The summed E-state index contributed by atoms with van der Waals surface area (Å²) in [7, 11) is 1.68. The van der Waals surface area contributed by atoms with Crippen molar-refractivity contribution in [1.82, 2.24) is 9.47 Å². The Balaban J connectivity index is 1.53. The van der Waals surface area contributed by atoms with E-state index in [1.165, 1.54) is 0 Å². The lowest BCUT2D eigenvalue weighted by Gasteiger charge is -2.23. The zero-order valence-corrected chi connectivity index (χ0v) is 16.0. The second kappa shape index (κ2) is 7.48. The Morgan fingerprint density at radius 1 is 1.18 bits per heavy atom. The summed E-state index contributed by atoms with van der Waals surface area (Å²) in [6.45, 7) is 3.59. The molecule has 2 amide bonds. The van der Waals surface area contributed by atoms with Crippen molar-refractivity contribution in [3.63, 3.8) is 0 Å². The maximum absolute atomic E-state index is 12.9. The van der Waals surface area contributed by atoms with Crippen LogP contribution < -0.4 is 5.32 Å². The first-order valence-corrected chi connectivity index (χ1v) is 9.36. The first-order chi connectivity index (χ1) is 13.6. The van der Waals surface area contributed by atoms with Crippen LogP contribution >= 0.6 is 0 Å². The monoisotopic (exact) mass is 377 g/mol. The van der Waals surface area contributed by atoms with Gasteiger partial charge in [0.2, 0.25) is 5.91 Å². The number of nitrogens with one attached hydrogen (secondary N) is 1. The minimum absolute atomic E-state index is 0.0952. The quantitative estimate of drug-likeness (QED) is 0.717. The van der Waals surface area contributed by atoms with E-state index < -0.39 is 6.04 Å². The lowest BCUT2D eigenvalue weighted by Crippen LogP contribution is -2.42. The molecule has 1 aliphatic heterocycles. The molecule has 28 heavy (non-hydrogen) atoms. The van der Waals surface area contributed by atoms with Gasteiger partial charge >= 0.3 is 0 Å². The van der Waals surface area contributed by atoms with Gasteiger partial charge in [0.25, 0.3) is 5.91 Å². The molecule has 144 valence electrons. The number of aromatic nitrogens is 1. The summed E-state index contributed by atoms with van der Waals surface area (Å²) >= 11 is 0. The molecular formula is C22H23N3O3. The number of fused-ring (bicyclic) bond motifs is 2. The van der Waals surface area contributed by atoms with Crippen LogP contribution in [0, 0.1) is 0 Å². The zero-order valence-electron chi connectivity index (χ0n) is 16.0. The highest BCUT2D eigenvalue weighted by Crippen LogP contribution is 2.27. The first-order valence-electron chi connectivity index (χ1n) is 9.36. The lowest BCUT2D eigenvalue weighted by atomic mass is 10.1. The van der Waals surface area contributed by atoms with E-state index in [4.69, 9.17) is 4.74 Å². The Morgan fingerprint density at radius 2 is 2.00 bits per heavy atom. The maximum atomic E-state index is 12.9. The van der Waals surface area contributed by atoms with Crippen LogP contribution in [0.5, 0.6) is 0 Å². The van der Waals surface area contributed by atoms with Crippen LogP contribution in [-0.2, 0) is 22.6 Å². The highest BCUT2D eigenvalue weighted by atomic mass is 16.5. The normalized spacial score (nSPS) is 14.4. The third kappa shape index (κ3) is 3.16. The average Bonchev–Trinajstić information content (AvgIpc) is 3.28. The van der Waals surface area contributed by atoms with Crippen LogP contribution in [-0.4, -0.2) is 41.0 Å². The fourth-order valence-corrected chi connectivity index (χ4v) is 3.69. The molecule has 6 heteroatoms. The second-order valence-electron chi connectivity index (χ2n) is 7.00. The molecule has 0 radical (unpaired) electrons. The summed E-state index contributed by atoms with van der Waals surface area (Å²) in [5.41, 5.74) is 3.42. The van der Waals surface area contributed by atoms with Gasteiger partial charge < -0.3 is 19.5 Å². The number of ether oxygens (including phenoxy) is 1. The molecule has 2 aromatic carbocycles. The van der Waals surface area contributed by atoms with Crippen LogP contribution in [0.1, 0.15) is 22.8 Å². The first kappa shape index (κ1) is 18.3. The third-order valence-corrected chi connectivity index (χ3v) is 5.30. The van der Waals surface area contributed by atoms with Gasteiger partial charge in [0.15, 0.2) is 0 Å². The molecule has 0 saturated carbocycles. The average molecular weight is 377 g/mol. The van der Waals surface area contributed by atoms with E-state index >= 15 is 0 Å². The van der Waals surface area contributed by atoms with Crippen LogP contribution in [0.25, 0.3) is 10.9 Å². The van der Waals surface area contributed by atoms with E-state index in [1.807, 2.05) is 54.7 Å². The van der Waals surface area contributed by atoms with E-state index in [0.717, 1.165) is 28.7 Å². The standard InChI is InChI=1S/C22H23N3O3/c1-15(25-14-16-6-3-4-7-17(16)22(25)27)21(26)23-19-8-5-9-20-18(19)10-11-24(20)12-13-28-2/h3-11,15H,12-14H2,1-2H3,(H,23,26)/t15-/m0/s1. The topological polar surface area (TPSA) is 63.6 Å². The van der Waals surface area contributed by atoms with Crippen LogP contribution in [0.4, 0.5) is 5.69 Å². The Morgan fingerprint density at radius 3 is 2.79 bits per heavy atom. The summed E-state index contributed by atoms with van der Waals surface area (Å²) in [5, 5.41) is 3.97. The van der Waals surface area contributed by atoms with Gasteiger partial charge in [-0.1, -0.05) is 24.3 Å².